The molecule has 0 atom stereocenters. The molecule has 0 aromatic heterocycles. The Morgan fingerprint density at radius 2 is 1.58 bits per heavy atom. The normalized spacial score (nSPS) is 12.1. The summed E-state index contributed by atoms with van der Waals surface area (Å²) < 4.78 is 4.97. The lowest BCUT2D eigenvalue weighted by Gasteiger charge is -2.11. The molecule has 0 saturated carbocycles. The number of hydrogen-bond acceptors (Lipinski definition) is 5. The van der Waals surface area contributed by atoms with E-state index in [4.69, 9.17) is 4.74 Å². The van der Waals surface area contributed by atoms with Gasteiger partial charge in [-0.25, -0.2) is 0 Å². The largest absolute Gasteiger partial charge is 0.456 e. The number of aryl methyl sites for hydroxylation is 2. The summed E-state index contributed by atoms with van der Waals surface area (Å²) in [6, 6.07) is 12.1. The van der Waals surface area contributed by atoms with Crippen molar-refractivity contribution in [2.24, 2.45) is 0 Å². The topological polar surface area (TPSA) is 92.8 Å². The van der Waals surface area contributed by atoms with Crippen molar-refractivity contribution < 1.29 is 23.9 Å². The third-order valence-electron chi connectivity index (χ3n) is 5.16. The second-order valence-corrected chi connectivity index (χ2v) is 7.75. The number of hydrogen-bond donors (Lipinski definition) is 1. The van der Waals surface area contributed by atoms with Crippen molar-refractivity contribution >= 4 is 29.3 Å². The number of carbonyl (C=O) groups excluding carboxylic acids is 4. The third-order valence-corrected chi connectivity index (χ3v) is 5.16. The molecule has 1 aliphatic carbocycles. The van der Waals surface area contributed by atoms with Crippen LogP contribution in [0.4, 0.5) is 5.69 Å². The van der Waals surface area contributed by atoms with Gasteiger partial charge in [-0.2, -0.15) is 0 Å². The van der Waals surface area contributed by atoms with Gasteiger partial charge in [0.05, 0.1) is 6.42 Å². The van der Waals surface area contributed by atoms with Crippen molar-refractivity contribution in [2.75, 3.05) is 26.0 Å². The van der Waals surface area contributed by atoms with Crippen LogP contribution in [0.2, 0.25) is 0 Å². The molecule has 0 fully saturated rings. The molecule has 0 spiro atoms. The number of ether oxygens (including phenoxy) is 1. The average molecular weight is 422 g/mol. The maximum Gasteiger partial charge on any atom is 0.306 e. The van der Waals surface area contributed by atoms with Gasteiger partial charge >= 0.3 is 5.97 Å². The van der Waals surface area contributed by atoms with Gasteiger partial charge < -0.3 is 15.0 Å². The van der Waals surface area contributed by atoms with Gasteiger partial charge in [-0.05, 0) is 60.7 Å². The second kappa shape index (κ2) is 10.0. The first-order chi connectivity index (χ1) is 14.8. The summed E-state index contributed by atoms with van der Waals surface area (Å²) in [5.74, 6) is -1.34. The highest BCUT2D eigenvalue weighted by Crippen LogP contribution is 2.23. The van der Waals surface area contributed by atoms with E-state index in [1.54, 1.807) is 38.4 Å². The van der Waals surface area contributed by atoms with Crippen LogP contribution in [0.25, 0.3) is 0 Å². The van der Waals surface area contributed by atoms with Crippen LogP contribution in [0.1, 0.15) is 51.1 Å². The molecule has 7 heteroatoms. The van der Waals surface area contributed by atoms with Crippen molar-refractivity contribution in [3.63, 3.8) is 0 Å². The highest BCUT2D eigenvalue weighted by atomic mass is 16.5. The van der Waals surface area contributed by atoms with Gasteiger partial charge in [0.15, 0.2) is 12.4 Å². The van der Waals surface area contributed by atoms with E-state index in [0.717, 1.165) is 19.3 Å². The summed E-state index contributed by atoms with van der Waals surface area (Å²) >= 11 is 0. The van der Waals surface area contributed by atoms with Crippen LogP contribution in [0.15, 0.2) is 42.5 Å². The number of nitrogens with zero attached hydrogens (tertiary/aromatic N) is 1. The van der Waals surface area contributed by atoms with Crippen molar-refractivity contribution in [3.05, 3.63) is 64.7 Å². The number of carbonyl (C=O) groups is 4. The maximum atomic E-state index is 12.3. The van der Waals surface area contributed by atoms with Gasteiger partial charge in [-0.3, -0.25) is 19.2 Å². The van der Waals surface area contributed by atoms with Crippen LogP contribution >= 0.6 is 0 Å². The lowest BCUT2D eigenvalue weighted by atomic mass is 10.0. The van der Waals surface area contributed by atoms with Gasteiger partial charge in [0.1, 0.15) is 0 Å². The molecule has 2 aromatic carbocycles. The Morgan fingerprint density at radius 1 is 0.903 bits per heavy atom. The van der Waals surface area contributed by atoms with Gasteiger partial charge in [-0.15, -0.1) is 0 Å². The first-order valence-electron chi connectivity index (χ1n) is 10.3. The first-order valence-corrected chi connectivity index (χ1v) is 10.3. The molecule has 0 saturated heterocycles. The number of Topliss-reactive ketones (excluding diaryl/α,β-unsaturated/α-hetero) is 1. The zero-order chi connectivity index (χ0) is 22.4. The van der Waals surface area contributed by atoms with Gasteiger partial charge in [0, 0.05) is 37.3 Å². The van der Waals surface area contributed by atoms with E-state index in [9.17, 15) is 19.2 Å². The highest BCUT2D eigenvalue weighted by Gasteiger charge is 2.16. The molecule has 1 aliphatic rings. The Bertz CT molecular complexity index is 996. The molecule has 31 heavy (non-hydrogen) atoms. The molecule has 0 radical (unpaired) electrons. The van der Waals surface area contributed by atoms with Crippen LogP contribution in [0.5, 0.6) is 0 Å². The van der Waals surface area contributed by atoms with E-state index in [1.807, 2.05) is 18.2 Å². The third kappa shape index (κ3) is 6.01. The summed E-state index contributed by atoms with van der Waals surface area (Å²) in [6.45, 7) is -0.440. The summed E-state index contributed by atoms with van der Waals surface area (Å²) in [5.41, 5.74) is 4.11. The van der Waals surface area contributed by atoms with Gasteiger partial charge in [0.25, 0.3) is 11.8 Å². The molecule has 1 N–H and O–H groups in total. The lowest BCUT2D eigenvalue weighted by Crippen LogP contribution is -2.22. The minimum atomic E-state index is -0.600. The molecule has 0 unspecified atom stereocenters. The second-order valence-electron chi connectivity index (χ2n) is 7.75. The smallest absolute Gasteiger partial charge is 0.306 e. The molecule has 2 aromatic rings. The van der Waals surface area contributed by atoms with Crippen LogP contribution in [0, 0.1) is 0 Å². The zero-order valence-corrected chi connectivity index (χ0v) is 17.8. The zero-order valence-electron chi connectivity index (χ0n) is 17.8. The van der Waals surface area contributed by atoms with E-state index in [-0.39, 0.29) is 24.5 Å². The minimum absolute atomic E-state index is 0.0423. The molecule has 0 heterocycles. The predicted molar refractivity (Wildman–Crippen MR) is 116 cm³/mol. The molecule has 0 bridgehead atoms. The van der Waals surface area contributed by atoms with Crippen molar-refractivity contribution in [1.29, 1.82) is 0 Å². The van der Waals surface area contributed by atoms with E-state index in [1.165, 1.54) is 16.0 Å². The maximum absolute atomic E-state index is 12.3. The molecule has 2 amide bonds. The Hall–Kier alpha value is -3.48. The monoisotopic (exact) mass is 422 g/mol. The SMILES string of the molecule is CN(C)C(=O)c1ccc(NC(=O)COC(=O)CCC(=O)c2ccc3c(c2)CCC3)cc1. The fraction of sp³-hybridized carbons (Fsp3) is 0.333. The number of rotatable bonds is 8. The molecule has 3 rings (SSSR count). The number of benzene rings is 2. The van der Waals surface area contributed by atoms with Crippen LogP contribution < -0.4 is 5.32 Å². The Labute approximate surface area is 181 Å². The summed E-state index contributed by atoms with van der Waals surface area (Å²) in [4.78, 5) is 49.5. The predicted octanol–water partition coefficient (Wildman–Crippen LogP) is 3.02. The first kappa shape index (κ1) is 22.2. The average Bonchev–Trinajstić information content (AvgIpc) is 3.24. The van der Waals surface area contributed by atoms with Gasteiger partial charge in [0.2, 0.25) is 0 Å². The molecule has 7 nitrogen and oxygen atoms in total. The summed E-state index contributed by atoms with van der Waals surface area (Å²) in [5, 5.41) is 2.60. The van der Waals surface area contributed by atoms with Crippen LogP contribution in [-0.2, 0) is 27.2 Å². The summed E-state index contributed by atoms with van der Waals surface area (Å²) in [6.07, 6.45) is 3.11. The number of amides is 2. The minimum Gasteiger partial charge on any atom is -0.456 e. The molecular weight excluding hydrogens is 396 g/mol. The summed E-state index contributed by atoms with van der Waals surface area (Å²) in [7, 11) is 3.32. The van der Waals surface area contributed by atoms with E-state index >= 15 is 0 Å². The van der Waals surface area contributed by atoms with Crippen LogP contribution in [0.3, 0.4) is 0 Å². The number of nitrogens with one attached hydrogen (secondary N) is 1. The Morgan fingerprint density at radius 3 is 2.29 bits per heavy atom. The number of fused-ring (bicyclic) bond motifs is 1. The molecule has 162 valence electrons. The Kier molecular flexibility index (Phi) is 7.18. The Balaban J connectivity index is 1.40. The van der Waals surface area contributed by atoms with Crippen molar-refractivity contribution in [1.82, 2.24) is 4.90 Å². The van der Waals surface area contributed by atoms with E-state index in [0.29, 0.717) is 16.8 Å². The van der Waals surface area contributed by atoms with Crippen molar-refractivity contribution in [3.8, 4) is 0 Å². The number of ketones is 1. The lowest BCUT2D eigenvalue weighted by molar-refractivity contribution is -0.147. The molecular formula is C24H26N2O5. The quantitative estimate of drug-likeness (QED) is 0.521. The van der Waals surface area contributed by atoms with E-state index < -0.39 is 18.5 Å². The van der Waals surface area contributed by atoms with E-state index in [2.05, 4.69) is 5.32 Å². The van der Waals surface area contributed by atoms with Gasteiger partial charge in [-0.1, -0.05) is 12.1 Å². The number of esters is 1. The molecule has 0 aliphatic heterocycles. The van der Waals surface area contributed by atoms with Crippen molar-refractivity contribution in [2.45, 2.75) is 32.1 Å². The van der Waals surface area contributed by atoms with Crippen LogP contribution in [-0.4, -0.2) is 49.2 Å². The highest BCUT2D eigenvalue weighted by molar-refractivity contribution is 5.98. The fourth-order valence-electron chi connectivity index (χ4n) is 3.47. The number of anilines is 1. The standard InChI is InChI=1S/C24H26N2O5/c1-26(2)24(30)17-8-10-20(11-9-17)25-22(28)15-31-23(29)13-12-21(27)19-7-6-16-4-3-5-18(16)14-19/h6-11,14H,3-5,12-13,15H2,1-2H3,(H,25,28). The fourth-order valence-corrected chi connectivity index (χ4v) is 3.47.